The highest BCUT2D eigenvalue weighted by Crippen LogP contribution is 2.21. The molecule has 0 bridgehead atoms. The second-order valence-electron chi connectivity index (χ2n) is 6.76. The number of hydrogen-bond acceptors (Lipinski definition) is 2. The maximum Gasteiger partial charge on any atom is 0.193 e. The summed E-state index contributed by atoms with van der Waals surface area (Å²) in [6.45, 7) is 9.90. The van der Waals surface area contributed by atoms with Gasteiger partial charge in [0.25, 0.3) is 0 Å². The van der Waals surface area contributed by atoms with Crippen LogP contribution in [0, 0.1) is 5.92 Å². The van der Waals surface area contributed by atoms with Crippen molar-refractivity contribution in [2.75, 3.05) is 39.4 Å². The van der Waals surface area contributed by atoms with E-state index in [-0.39, 0.29) is 24.0 Å². The van der Waals surface area contributed by atoms with Crippen molar-refractivity contribution < 1.29 is 4.74 Å². The van der Waals surface area contributed by atoms with Gasteiger partial charge in [-0.2, -0.15) is 0 Å². The van der Waals surface area contributed by atoms with E-state index < -0.39 is 0 Å². The number of halogens is 1. The molecule has 1 aliphatic heterocycles. The fourth-order valence-electron chi connectivity index (χ4n) is 3.37. The Bertz CT molecular complexity index is 487. The second-order valence-corrected chi connectivity index (χ2v) is 6.76. The zero-order valence-corrected chi connectivity index (χ0v) is 18.8. The van der Waals surface area contributed by atoms with Gasteiger partial charge in [-0.3, -0.25) is 4.99 Å². The molecule has 0 aromatic heterocycles. The van der Waals surface area contributed by atoms with Gasteiger partial charge in [0.1, 0.15) is 0 Å². The predicted octanol–water partition coefficient (Wildman–Crippen LogP) is 4.34. The van der Waals surface area contributed by atoms with E-state index in [2.05, 4.69) is 47.5 Å². The Balaban J connectivity index is 0.00000338. The molecule has 1 saturated heterocycles. The normalized spacial score (nSPS) is 15.6. The monoisotopic (exact) mass is 473 g/mol. The molecule has 26 heavy (non-hydrogen) atoms. The van der Waals surface area contributed by atoms with Gasteiger partial charge in [0.05, 0.1) is 0 Å². The molecular formula is C21H36IN3O. The molecule has 148 valence electrons. The first kappa shape index (κ1) is 23.2. The summed E-state index contributed by atoms with van der Waals surface area (Å²) in [4.78, 5) is 7.26. The molecule has 1 heterocycles. The number of nitrogens with zero attached hydrogens (tertiary/aromatic N) is 2. The highest BCUT2D eigenvalue weighted by Gasteiger charge is 2.21. The summed E-state index contributed by atoms with van der Waals surface area (Å²) in [7, 11) is 0. The number of unbranched alkanes of at least 4 members (excludes halogenated alkanes) is 1. The van der Waals surface area contributed by atoms with Gasteiger partial charge in [-0.1, -0.05) is 30.3 Å². The Morgan fingerprint density at radius 3 is 2.54 bits per heavy atom. The Kier molecular flexibility index (Phi) is 12.7. The van der Waals surface area contributed by atoms with E-state index in [1.54, 1.807) is 0 Å². The molecule has 5 heteroatoms. The average Bonchev–Trinajstić information content (AvgIpc) is 2.65. The van der Waals surface area contributed by atoms with Crippen molar-refractivity contribution in [3.63, 3.8) is 0 Å². The van der Waals surface area contributed by atoms with Gasteiger partial charge in [0, 0.05) is 39.4 Å². The fourth-order valence-corrected chi connectivity index (χ4v) is 3.37. The van der Waals surface area contributed by atoms with Gasteiger partial charge in [-0.15, -0.1) is 24.0 Å². The zero-order valence-electron chi connectivity index (χ0n) is 16.5. The van der Waals surface area contributed by atoms with Crippen LogP contribution in [-0.2, 0) is 11.2 Å². The van der Waals surface area contributed by atoms with Crippen LogP contribution in [0.25, 0.3) is 0 Å². The van der Waals surface area contributed by atoms with Crippen LogP contribution in [0.1, 0.15) is 45.1 Å². The van der Waals surface area contributed by atoms with Gasteiger partial charge >= 0.3 is 0 Å². The van der Waals surface area contributed by atoms with Crippen molar-refractivity contribution in [2.45, 2.75) is 46.0 Å². The van der Waals surface area contributed by atoms with E-state index >= 15 is 0 Å². The Morgan fingerprint density at radius 2 is 1.88 bits per heavy atom. The largest absolute Gasteiger partial charge is 0.382 e. The molecule has 1 fully saturated rings. The molecule has 0 spiro atoms. The Hall–Kier alpha value is -0.820. The molecule has 0 amide bonds. The van der Waals surface area contributed by atoms with Crippen LogP contribution in [0.15, 0.2) is 35.3 Å². The van der Waals surface area contributed by atoms with Crippen LogP contribution in [-0.4, -0.2) is 50.3 Å². The maximum atomic E-state index is 5.39. The van der Waals surface area contributed by atoms with Crippen molar-refractivity contribution in [2.24, 2.45) is 10.9 Å². The van der Waals surface area contributed by atoms with E-state index in [0.29, 0.717) is 0 Å². The van der Waals surface area contributed by atoms with Crippen LogP contribution in [0.5, 0.6) is 0 Å². The number of nitrogens with one attached hydrogen (secondary N) is 1. The summed E-state index contributed by atoms with van der Waals surface area (Å²) >= 11 is 0. The lowest BCUT2D eigenvalue weighted by molar-refractivity contribution is 0.144. The molecule has 0 atom stereocenters. The topological polar surface area (TPSA) is 36.9 Å². The number of aliphatic imine (C=N–C) groups is 1. The van der Waals surface area contributed by atoms with Crippen molar-refractivity contribution in [3.8, 4) is 0 Å². The highest BCUT2D eigenvalue weighted by molar-refractivity contribution is 14.0. The zero-order chi connectivity index (χ0) is 17.7. The first-order chi connectivity index (χ1) is 12.3. The lowest BCUT2D eigenvalue weighted by atomic mass is 9.90. The highest BCUT2D eigenvalue weighted by atomic mass is 127. The Morgan fingerprint density at radius 1 is 1.15 bits per heavy atom. The summed E-state index contributed by atoms with van der Waals surface area (Å²) in [5, 5.41) is 3.46. The standard InChI is InChI=1S/C21H35N3O.HI/c1-3-22-21(23-14-8-9-17-25-4-2)24-15-12-20(13-16-24)18-19-10-6-5-7-11-19;/h5-7,10-11,20H,3-4,8-9,12-18H2,1-2H3,(H,22,23);1H. The van der Waals surface area contributed by atoms with E-state index in [0.717, 1.165) is 64.1 Å². The van der Waals surface area contributed by atoms with Gasteiger partial charge < -0.3 is 15.0 Å². The number of benzene rings is 1. The molecule has 0 aliphatic carbocycles. The number of piperidine rings is 1. The van der Waals surface area contributed by atoms with Crippen LogP contribution in [0.2, 0.25) is 0 Å². The number of likely N-dealkylation sites (tertiary alicyclic amines) is 1. The first-order valence-electron chi connectivity index (χ1n) is 9.98. The van der Waals surface area contributed by atoms with Crippen molar-refractivity contribution in [3.05, 3.63) is 35.9 Å². The molecule has 1 N–H and O–H groups in total. The molecule has 0 unspecified atom stereocenters. The third kappa shape index (κ3) is 8.71. The predicted molar refractivity (Wildman–Crippen MR) is 122 cm³/mol. The van der Waals surface area contributed by atoms with Crippen LogP contribution in [0.4, 0.5) is 0 Å². The van der Waals surface area contributed by atoms with Gasteiger partial charge in [-0.25, -0.2) is 0 Å². The van der Waals surface area contributed by atoms with E-state index in [1.807, 2.05) is 6.92 Å². The lowest BCUT2D eigenvalue weighted by Crippen LogP contribution is -2.46. The summed E-state index contributed by atoms with van der Waals surface area (Å²) in [6.07, 6.45) is 5.91. The van der Waals surface area contributed by atoms with Crippen molar-refractivity contribution in [1.82, 2.24) is 10.2 Å². The molecule has 1 aromatic rings. The smallest absolute Gasteiger partial charge is 0.193 e. The molecule has 1 aromatic carbocycles. The quantitative estimate of drug-likeness (QED) is 0.251. The average molecular weight is 473 g/mol. The maximum absolute atomic E-state index is 5.39. The van der Waals surface area contributed by atoms with Crippen molar-refractivity contribution >= 4 is 29.9 Å². The molecular weight excluding hydrogens is 437 g/mol. The van der Waals surface area contributed by atoms with E-state index in [4.69, 9.17) is 9.73 Å². The number of hydrogen-bond donors (Lipinski definition) is 1. The lowest BCUT2D eigenvalue weighted by Gasteiger charge is -2.34. The molecule has 1 aliphatic rings. The first-order valence-corrected chi connectivity index (χ1v) is 9.98. The molecule has 0 radical (unpaired) electrons. The fraction of sp³-hybridized carbons (Fsp3) is 0.667. The SMILES string of the molecule is CCNC(=NCCCCOCC)N1CCC(Cc2ccccc2)CC1.I. The van der Waals surface area contributed by atoms with E-state index in [9.17, 15) is 0 Å². The summed E-state index contributed by atoms with van der Waals surface area (Å²) in [5.41, 5.74) is 1.47. The van der Waals surface area contributed by atoms with E-state index in [1.165, 1.54) is 24.8 Å². The third-order valence-corrected chi connectivity index (χ3v) is 4.78. The summed E-state index contributed by atoms with van der Waals surface area (Å²) < 4.78 is 5.39. The van der Waals surface area contributed by atoms with Crippen LogP contribution >= 0.6 is 24.0 Å². The number of rotatable bonds is 9. The van der Waals surface area contributed by atoms with Crippen LogP contribution < -0.4 is 5.32 Å². The van der Waals surface area contributed by atoms with Crippen LogP contribution in [0.3, 0.4) is 0 Å². The second kappa shape index (κ2) is 14.3. The third-order valence-electron chi connectivity index (χ3n) is 4.78. The summed E-state index contributed by atoms with van der Waals surface area (Å²) in [5.74, 6) is 1.89. The minimum Gasteiger partial charge on any atom is -0.382 e. The number of ether oxygens (including phenoxy) is 1. The van der Waals surface area contributed by atoms with Gasteiger partial charge in [-0.05, 0) is 57.4 Å². The molecule has 2 rings (SSSR count). The van der Waals surface area contributed by atoms with Crippen molar-refractivity contribution in [1.29, 1.82) is 0 Å². The summed E-state index contributed by atoms with van der Waals surface area (Å²) in [6, 6.07) is 10.9. The molecule has 4 nitrogen and oxygen atoms in total. The van der Waals surface area contributed by atoms with Gasteiger partial charge in [0.15, 0.2) is 5.96 Å². The minimum absolute atomic E-state index is 0. The Labute approximate surface area is 176 Å². The minimum atomic E-state index is 0. The number of guanidine groups is 1. The van der Waals surface area contributed by atoms with Gasteiger partial charge in [0.2, 0.25) is 0 Å². The molecule has 0 saturated carbocycles.